The minimum Gasteiger partial charge on any atom is -0.295 e. The number of ketones is 1. The highest BCUT2D eigenvalue weighted by atomic mass is 16.1. The molecule has 90 valence electrons. The molecule has 0 radical (unpaired) electrons. The van der Waals surface area contributed by atoms with Crippen LogP contribution < -0.4 is 0 Å². The monoisotopic (exact) mass is 220 g/mol. The van der Waals surface area contributed by atoms with Gasteiger partial charge in [-0.1, -0.05) is 33.3 Å². The summed E-state index contributed by atoms with van der Waals surface area (Å²) in [4.78, 5) is 11.5. The Bertz CT molecular complexity index is 319. The Labute approximate surface area is 99.3 Å². The van der Waals surface area contributed by atoms with E-state index in [4.69, 9.17) is 0 Å². The van der Waals surface area contributed by atoms with Crippen LogP contribution in [0.5, 0.6) is 0 Å². The smallest absolute Gasteiger partial charge is 0.155 e. The number of hydrogen-bond donors (Lipinski definition) is 0. The fraction of sp³-hybridized carbons (Fsp3) is 0.800. The number of allylic oxidation sites excluding steroid dienone is 2. The quantitative estimate of drug-likeness (QED) is 0.603. The number of carbonyl (C=O) groups excluding carboxylic acids is 1. The molecule has 2 aliphatic rings. The summed E-state index contributed by atoms with van der Waals surface area (Å²) in [7, 11) is 0. The summed E-state index contributed by atoms with van der Waals surface area (Å²) >= 11 is 0. The maximum absolute atomic E-state index is 11.5. The van der Waals surface area contributed by atoms with Crippen molar-refractivity contribution in [3.63, 3.8) is 0 Å². The van der Waals surface area contributed by atoms with E-state index in [1.807, 2.05) is 6.08 Å². The lowest BCUT2D eigenvalue weighted by Crippen LogP contribution is -2.33. The van der Waals surface area contributed by atoms with Crippen LogP contribution in [0, 0.1) is 23.2 Å². The van der Waals surface area contributed by atoms with Crippen LogP contribution in [0.15, 0.2) is 11.6 Å². The summed E-state index contributed by atoms with van der Waals surface area (Å²) in [5.74, 6) is 2.44. The van der Waals surface area contributed by atoms with Crippen molar-refractivity contribution in [2.75, 3.05) is 0 Å². The molecule has 0 N–H and O–H groups in total. The van der Waals surface area contributed by atoms with Crippen LogP contribution in [0.1, 0.15) is 53.4 Å². The van der Waals surface area contributed by atoms with Crippen LogP contribution in [0.2, 0.25) is 0 Å². The second kappa shape index (κ2) is 4.01. The van der Waals surface area contributed by atoms with E-state index in [0.29, 0.717) is 23.0 Å². The lowest BCUT2D eigenvalue weighted by Gasteiger charge is -2.42. The van der Waals surface area contributed by atoms with E-state index in [0.717, 1.165) is 18.8 Å². The molecule has 16 heavy (non-hydrogen) atoms. The van der Waals surface area contributed by atoms with Crippen LogP contribution in [-0.2, 0) is 4.79 Å². The predicted molar refractivity (Wildman–Crippen MR) is 67.2 cm³/mol. The van der Waals surface area contributed by atoms with Crippen molar-refractivity contribution >= 4 is 5.78 Å². The summed E-state index contributed by atoms with van der Waals surface area (Å²) in [6.07, 6.45) is 6.44. The number of hydrogen-bond acceptors (Lipinski definition) is 1. The molecule has 0 amide bonds. The predicted octanol–water partition coefficient (Wildman–Crippen LogP) is 3.98. The minimum atomic E-state index is 0.355. The van der Waals surface area contributed by atoms with Crippen molar-refractivity contribution in [2.24, 2.45) is 23.2 Å². The van der Waals surface area contributed by atoms with Gasteiger partial charge in [-0.2, -0.15) is 0 Å². The molecule has 0 aliphatic heterocycles. The molecule has 0 aromatic heterocycles. The minimum absolute atomic E-state index is 0.355. The molecular formula is C15H24O. The molecule has 1 saturated carbocycles. The van der Waals surface area contributed by atoms with Crippen molar-refractivity contribution < 1.29 is 4.79 Å². The van der Waals surface area contributed by atoms with Crippen LogP contribution in [-0.4, -0.2) is 5.78 Å². The Morgan fingerprint density at radius 3 is 2.62 bits per heavy atom. The number of fused-ring (bicyclic) bond motifs is 1. The Kier molecular flexibility index (Phi) is 2.98. The van der Waals surface area contributed by atoms with E-state index in [2.05, 4.69) is 27.7 Å². The van der Waals surface area contributed by atoms with Crippen LogP contribution >= 0.6 is 0 Å². The van der Waals surface area contributed by atoms with Crippen molar-refractivity contribution in [3.8, 4) is 0 Å². The van der Waals surface area contributed by atoms with Gasteiger partial charge < -0.3 is 0 Å². The van der Waals surface area contributed by atoms with Crippen LogP contribution in [0.4, 0.5) is 0 Å². The van der Waals surface area contributed by atoms with Gasteiger partial charge in [0.25, 0.3) is 0 Å². The fourth-order valence-corrected chi connectivity index (χ4v) is 3.39. The third kappa shape index (κ3) is 2.23. The maximum Gasteiger partial charge on any atom is 0.155 e. The first-order valence-electron chi connectivity index (χ1n) is 6.61. The zero-order chi connectivity index (χ0) is 11.9. The van der Waals surface area contributed by atoms with Gasteiger partial charge in [0, 0.05) is 6.42 Å². The molecule has 0 saturated heterocycles. The molecule has 0 unspecified atom stereocenters. The molecule has 0 spiro atoms. The van der Waals surface area contributed by atoms with Crippen molar-refractivity contribution in [1.82, 2.24) is 0 Å². The summed E-state index contributed by atoms with van der Waals surface area (Å²) in [5.41, 5.74) is 1.87. The largest absolute Gasteiger partial charge is 0.295 e. The van der Waals surface area contributed by atoms with Gasteiger partial charge in [-0.25, -0.2) is 0 Å². The number of carbonyl (C=O) groups is 1. The molecule has 1 nitrogen and oxygen atoms in total. The molecule has 0 bridgehead atoms. The van der Waals surface area contributed by atoms with E-state index < -0.39 is 0 Å². The summed E-state index contributed by atoms with van der Waals surface area (Å²) < 4.78 is 0. The molecule has 3 atom stereocenters. The molecule has 0 aromatic rings. The molecule has 0 aromatic carbocycles. The Hall–Kier alpha value is -0.590. The second-order valence-electron chi connectivity index (χ2n) is 6.81. The molecule has 1 heteroatoms. The first-order chi connectivity index (χ1) is 7.38. The van der Waals surface area contributed by atoms with E-state index >= 15 is 0 Å². The van der Waals surface area contributed by atoms with Crippen LogP contribution in [0.3, 0.4) is 0 Å². The van der Waals surface area contributed by atoms with E-state index in [1.54, 1.807) is 0 Å². The fourth-order valence-electron chi connectivity index (χ4n) is 3.39. The van der Waals surface area contributed by atoms with E-state index in [-0.39, 0.29) is 0 Å². The van der Waals surface area contributed by atoms with Crippen molar-refractivity contribution in [2.45, 2.75) is 53.4 Å². The van der Waals surface area contributed by atoms with Gasteiger partial charge >= 0.3 is 0 Å². The average molecular weight is 220 g/mol. The number of rotatable bonds is 0. The topological polar surface area (TPSA) is 17.1 Å². The first kappa shape index (κ1) is 11.9. The van der Waals surface area contributed by atoms with Gasteiger partial charge in [0.05, 0.1) is 0 Å². The summed E-state index contributed by atoms with van der Waals surface area (Å²) in [5, 5.41) is 0. The Morgan fingerprint density at radius 1 is 1.31 bits per heavy atom. The third-order valence-corrected chi connectivity index (χ3v) is 4.58. The molecular weight excluding hydrogens is 196 g/mol. The van der Waals surface area contributed by atoms with Crippen molar-refractivity contribution in [3.05, 3.63) is 11.6 Å². The molecule has 2 aliphatic carbocycles. The Morgan fingerprint density at radius 2 is 2.00 bits per heavy atom. The van der Waals surface area contributed by atoms with Gasteiger partial charge in [-0.3, -0.25) is 4.79 Å². The standard InChI is InChI=1S/C15H24O/c1-10-7-13(16)8-11-5-6-12(9-14(10)11)15(2,3)4/h8,10,12,14H,5-7,9H2,1-4H3/t10-,12+,14+/m1/s1. The maximum atomic E-state index is 11.5. The SMILES string of the molecule is C[C@@H]1CC(=O)C=C2CC[C@H](C(C)(C)C)C[C@H]21. The zero-order valence-corrected chi connectivity index (χ0v) is 11.0. The summed E-state index contributed by atoms with van der Waals surface area (Å²) in [6, 6.07) is 0. The van der Waals surface area contributed by atoms with Crippen molar-refractivity contribution in [1.29, 1.82) is 0 Å². The van der Waals surface area contributed by atoms with Crippen LogP contribution in [0.25, 0.3) is 0 Å². The zero-order valence-electron chi connectivity index (χ0n) is 11.0. The Balaban J connectivity index is 2.16. The summed E-state index contributed by atoms with van der Waals surface area (Å²) in [6.45, 7) is 9.31. The normalized spacial score (nSPS) is 35.6. The highest BCUT2D eigenvalue weighted by Gasteiger charge is 2.37. The van der Waals surface area contributed by atoms with Gasteiger partial charge in [0.15, 0.2) is 5.78 Å². The van der Waals surface area contributed by atoms with E-state index in [9.17, 15) is 4.79 Å². The lowest BCUT2D eigenvalue weighted by molar-refractivity contribution is -0.116. The van der Waals surface area contributed by atoms with Gasteiger partial charge in [0.2, 0.25) is 0 Å². The molecule has 1 fully saturated rings. The second-order valence-corrected chi connectivity index (χ2v) is 6.81. The molecule has 0 heterocycles. The van der Waals surface area contributed by atoms with Gasteiger partial charge in [0.1, 0.15) is 0 Å². The first-order valence-corrected chi connectivity index (χ1v) is 6.61. The third-order valence-electron chi connectivity index (χ3n) is 4.58. The lowest BCUT2D eigenvalue weighted by atomic mass is 9.63. The van der Waals surface area contributed by atoms with E-state index in [1.165, 1.54) is 18.4 Å². The molecule has 2 rings (SSSR count). The highest BCUT2D eigenvalue weighted by molar-refractivity contribution is 5.91. The van der Waals surface area contributed by atoms with Gasteiger partial charge in [-0.05, 0) is 48.5 Å². The average Bonchev–Trinajstić information content (AvgIpc) is 2.15. The highest BCUT2D eigenvalue weighted by Crippen LogP contribution is 2.47. The van der Waals surface area contributed by atoms with Gasteiger partial charge in [-0.15, -0.1) is 0 Å².